The van der Waals surface area contributed by atoms with Crippen molar-refractivity contribution in [3.05, 3.63) is 77.4 Å². The Labute approximate surface area is 208 Å². The molecule has 1 aliphatic rings. The molecule has 2 heterocycles. The highest BCUT2D eigenvalue weighted by molar-refractivity contribution is 5.73. The number of nitrogens with zero attached hydrogens (tertiary/aromatic N) is 1. The van der Waals surface area contributed by atoms with Crippen LogP contribution in [-0.2, 0) is 11.2 Å². The van der Waals surface area contributed by atoms with E-state index in [1.807, 2.05) is 30.3 Å². The van der Waals surface area contributed by atoms with Crippen LogP contribution in [0.5, 0.6) is 11.6 Å². The summed E-state index contributed by atoms with van der Waals surface area (Å²) in [6.45, 7) is 1.99. The number of pyridine rings is 1. The molecule has 0 bridgehead atoms. The van der Waals surface area contributed by atoms with E-state index in [4.69, 9.17) is 9.47 Å². The third-order valence-corrected chi connectivity index (χ3v) is 6.08. The van der Waals surface area contributed by atoms with Crippen molar-refractivity contribution >= 4 is 5.91 Å². The third kappa shape index (κ3) is 6.35. The number of aliphatic hydroxyl groups is 1. The smallest absolute Gasteiger partial charge is 0.217 e. The van der Waals surface area contributed by atoms with Crippen molar-refractivity contribution in [1.29, 1.82) is 0 Å². The summed E-state index contributed by atoms with van der Waals surface area (Å²) in [5.74, 6) is -0.503. The first-order valence-electron chi connectivity index (χ1n) is 11.7. The average Bonchev–Trinajstić information content (AvgIpc) is 2.85. The molecule has 0 spiro atoms. The average molecular weight is 498 g/mol. The Hall–Kier alpha value is -3.56. The van der Waals surface area contributed by atoms with E-state index in [-0.39, 0.29) is 24.9 Å². The van der Waals surface area contributed by atoms with E-state index in [0.717, 1.165) is 28.6 Å². The molecule has 1 aromatic heterocycles. The van der Waals surface area contributed by atoms with Gasteiger partial charge in [0, 0.05) is 49.2 Å². The minimum Gasteiger partial charge on any atom is -0.493 e. The number of fused-ring (bicyclic) bond motifs is 1. The predicted molar refractivity (Wildman–Crippen MR) is 131 cm³/mol. The van der Waals surface area contributed by atoms with E-state index in [1.54, 1.807) is 13.2 Å². The van der Waals surface area contributed by atoms with E-state index in [0.29, 0.717) is 24.5 Å². The number of halogens is 2. The Morgan fingerprint density at radius 2 is 1.97 bits per heavy atom. The molecule has 3 atom stereocenters. The van der Waals surface area contributed by atoms with Crippen LogP contribution in [0.25, 0.3) is 11.3 Å². The molecular formula is C27H29F2N3O4. The molecule has 3 unspecified atom stereocenters. The maximum absolute atomic E-state index is 13.6. The lowest BCUT2D eigenvalue weighted by Crippen LogP contribution is -2.48. The van der Waals surface area contributed by atoms with E-state index in [1.165, 1.54) is 19.1 Å². The van der Waals surface area contributed by atoms with Crippen LogP contribution in [0.1, 0.15) is 30.5 Å². The molecule has 0 saturated carbocycles. The van der Waals surface area contributed by atoms with Crippen molar-refractivity contribution in [3.8, 4) is 22.9 Å². The number of carbonyl (C=O) groups excluding carboxylic acids is 1. The minimum atomic E-state index is -1.00. The lowest BCUT2D eigenvalue weighted by molar-refractivity contribution is -0.120. The predicted octanol–water partition coefficient (Wildman–Crippen LogP) is 3.56. The van der Waals surface area contributed by atoms with Gasteiger partial charge in [-0.15, -0.1) is 0 Å². The molecule has 7 nitrogen and oxygen atoms in total. The van der Waals surface area contributed by atoms with E-state index in [2.05, 4.69) is 15.6 Å². The number of nitrogens with one attached hydrogen (secondary N) is 2. The van der Waals surface area contributed by atoms with Gasteiger partial charge in [-0.05, 0) is 48.4 Å². The molecule has 190 valence electrons. The first-order chi connectivity index (χ1) is 17.3. The summed E-state index contributed by atoms with van der Waals surface area (Å²) >= 11 is 0. The number of amides is 1. The summed E-state index contributed by atoms with van der Waals surface area (Å²) in [7, 11) is 1.57. The second-order valence-corrected chi connectivity index (χ2v) is 8.77. The lowest BCUT2D eigenvalue weighted by Gasteiger charge is -2.30. The molecule has 2 aromatic carbocycles. The van der Waals surface area contributed by atoms with Gasteiger partial charge in [0.05, 0.1) is 31.6 Å². The van der Waals surface area contributed by atoms with Gasteiger partial charge in [-0.2, -0.15) is 0 Å². The molecule has 0 saturated heterocycles. The second-order valence-electron chi connectivity index (χ2n) is 8.77. The van der Waals surface area contributed by atoms with Gasteiger partial charge in [0.15, 0.2) is 0 Å². The lowest BCUT2D eigenvalue weighted by atomic mass is 9.96. The zero-order chi connectivity index (χ0) is 25.7. The highest BCUT2D eigenvalue weighted by Crippen LogP contribution is 2.35. The Balaban J connectivity index is 1.49. The Kier molecular flexibility index (Phi) is 8.12. The normalized spacial score (nSPS) is 16.4. The fraction of sp³-hybridized carbons (Fsp3) is 0.333. The van der Waals surface area contributed by atoms with Crippen molar-refractivity contribution in [3.63, 3.8) is 0 Å². The molecule has 1 aliphatic heterocycles. The van der Waals surface area contributed by atoms with E-state index >= 15 is 0 Å². The number of methoxy groups -OCH3 is 1. The first-order valence-corrected chi connectivity index (χ1v) is 11.7. The molecule has 9 heteroatoms. The standard InChI is InChI=1S/C27H29F2N3O4/c1-16(33)31-24(12-17-10-19(28)14-20(29)11-17)25(34)15-30-23-8-9-36-26-7-6-18(13-21(23)26)22-4-3-5-27(32-22)35-2/h3-7,10-11,13-14,23-25,30,34H,8-9,12,15H2,1-2H3,(H,31,33). The monoisotopic (exact) mass is 497 g/mol. The molecule has 3 aromatic rings. The van der Waals surface area contributed by atoms with Gasteiger partial charge in [-0.25, -0.2) is 13.8 Å². The molecule has 0 fully saturated rings. The summed E-state index contributed by atoms with van der Waals surface area (Å²) in [4.78, 5) is 16.2. The summed E-state index contributed by atoms with van der Waals surface area (Å²) in [6.07, 6.45) is -0.253. The van der Waals surface area contributed by atoms with Gasteiger partial charge >= 0.3 is 0 Å². The summed E-state index contributed by atoms with van der Waals surface area (Å²) in [5.41, 5.74) is 2.93. The maximum Gasteiger partial charge on any atom is 0.217 e. The van der Waals surface area contributed by atoms with Crippen LogP contribution in [0.4, 0.5) is 8.78 Å². The van der Waals surface area contributed by atoms with Crippen LogP contribution in [-0.4, -0.2) is 48.4 Å². The van der Waals surface area contributed by atoms with Crippen molar-refractivity contribution in [2.45, 2.75) is 38.0 Å². The fourth-order valence-electron chi connectivity index (χ4n) is 4.39. The van der Waals surface area contributed by atoms with Crippen molar-refractivity contribution in [1.82, 2.24) is 15.6 Å². The number of benzene rings is 2. The van der Waals surface area contributed by atoms with Crippen LogP contribution in [0.15, 0.2) is 54.6 Å². The summed E-state index contributed by atoms with van der Waals surface area (Å²) in [6, 6.07) is 13.7. The second kappa shape index (κ2) is 11.5. The summed E-state index contributed by atoms with van der Waals surface area (Å²) in [5, 5.41) is 17.0. The van der Waals surface area contributed by atoms with Crippen LogP contribution in [0, 0.1) is 11.6 Å². The van der Waals surface area contributed by atoms with E-state index in [9.17, 15) is 18.7 Å². The Morgan fingerprint density at radius 1 is 1.19 bits per heavy atom. The van der Waals surface area contributed by atoms with Crippen molar-refractivity contribution in [2.24, 2.45) is 0 Å². The largest absolute Gasteiger partial charge is 0.493 e. The van der Waals surface area contributed by atoms with Gasteiger partial charge in [-0.3, -0.25) is 4.79 Å². The van der Waals surface area contributed by atoms with Gasteiger partial charge in [0.25, 0.3) is 0 Å². The Morgan fingerprint density at radius 3 is 2.69 bits per heavy atom. The molecule has 0 radical (unpaired) electrons. The molecule has 1 amide bonds. The van der Waals surface area contributed by atoms with Crippen LogP contribution < -0.4 is 20.1 Å². The van der Waals surface area contributed by atoms with Gasteiger partial charge in [0.2, 0.25) is 11.8 Å². The van der Waals surface area contributed by atoms with Gasteiger partial charge in [0.1, 0.15) is 17.4 Å². The maximum atomic E-state index is 13.6. The number of aliphatic hydroxyl groups excluding tert-OH is 1. The third-order valence-electron chi connectivity index (χ3n) is 6.08. The number of rotatable bonds is 9. The van der Waals surface area contributed by atoms with E-state index < -0.39 is 23.8 Å². The quantitative estimate of drug-likeness (QED) is 0.419. The van der Waals surface area contributed by atoms with Crippen molar-refractivity contribution in [2.75, 3.05) is 20.3 Å². The van der Waals surface area contributed by atoms with Gasteiger partial charge < -0.3 is 25.2 Å². The molecule has 0 aliphatic carbocycles. The number of hydrogen-bond acceptors (Lipinski definition) is 6. The minimum absolute atomic E-state index is 0.0765. The first kappa shape index (κ1) is 25.5. The molecule has 36 heavy (non-hydrogen) atoms. The van der Waals surface area contributed by atoms with Crippen molar-refractivity contribution < 1.29 is 28.2 Å². The number of carbonyl (C=O) groups is 1. The van der Waals surface area contributed by atoms with Crippen LogP contribution >= 0.6 is 0 Å². The Bertz CT molecular complexity index is 1200. The van der Waals surface area contributed by atoms with Gasteiger partial charge in [-0.1, -0.05) is 6.07 Å². The summed E-state index contributed by atoms with van der Waals surface area (Å²) < 4.78 is 38.3. The highest BCUT2D eigenvalue weighted by Gasteiger charge is 2.26. The number of ether oxygens (including phenoxy) is 2. The zero-order valence-electron chi connectivity index (χ0n) is 20.1. The number of hydrogen-bond donors (Lipinski definition) is 3. The topological polar surface area (TPSA) is 92.7 Å². The number of aromatic nitrogens is 1. The highest BCUT2D eigenvalue weighted by atomic mass is 19.1. The van der Waals surface area contributed by atoms with Crippen LogP contribution in [0.2, 0.25) is 0 Å². The molecule has 4 rings (SSSR count). The van der Waals surface area contributed by atoms with Crippen LogP contribution in [0.3, 0.4) is 0 Å². The molecular weight excluding hydrogens is 468 g/mol. The molecule has 3 N–H and O–H groups in total. The SMILES string of the molecule is COc1cccc(-c2ccc3c(c2)C(NCC(O)C(Cc2cc(F)cc(F)c2)NC(C)=O)CCO3)n1. The zero-order valence-corrected chi connectivity index (χ0v) is 20.1. The fourth-order valence-corrected chi connectivity index (χ4v) is 4.39.